The highest BCUT2D eigenvalue weighted by molar-refractivity contribution is 7.14. The van der Waals surface area contributed by atoms with Crippen molar-refractivity contribution in [3.8, 4) is 22.6 Å². The van der Waals surface area contributed by atoms with Gasteiger partial charge in [-0.05, 0) is 29.8 Å². The number of nitrogens with one attached hydrogen (secondary N) is 2. The van der Waals surface area contributed by atoms with Crippen LogP contribution in [0, 0.1) is 5.82 Å². The van der Waals surface area contributed by atoms with Gasteiger partial charge in [-0.3, -0.25) is 9.59 Å². The van der Waals surface area contributed by atoms with E-state index < -0.39 is 5.82 Å². The lowest BCUT2D eigenvalue weighted by atomic mass is 10.1. The third-order valence-electron chi connectivity index (χ3n) is 4.56. The molecule has 0 fully saturated rings. The number of amides is 2. The Morgan fingerprint density at radius 2 is 1.94 bits per heavy atom. The molecule has 33 heavy (non-hydrogen) atoms. The van der Waals surface area contributed by atoms with Crippen LogP contribution >= 0.6 is 11.3 Å². The second-order valence-electron chi connectivity index (χ2n) is 7.14. The second-order valence-corrected chi connectivity index (χ2v) is 8.00. The van der Waals surface area contributed by atoms with Gasteiger partial charge in [0.05, 0.1) is 12.2 Å². The van der Waals surface area contributed by atoms with Crippen LogP contribution in [0.1, 0.15) is 19.8 Å². The van der Waals surface area contributed by atoms with Crippen LogP contribution in [0.5, 0.6) is 0 Å². The number of hydrogen-bond acceptors (Lipinski definition) is 7. The van der Waals surface area contributed by atoms with Gasteiger partial charge < -0.3 is 10.6 Å². The van der Waals surface area contributed by atoms with E-state index in [1.165, 1.54) is 35.2 Å². The first-order valence-corrected chi connectivity index (χ1v) is 11.0. The van der Waals surface area contributed by atoms with Crippen LogP contribution in [0.25, 0.3) is 22.6 Å². The summed E-state index contributed by atoms with van der Waals surface area (Å²) in [4.78, 5) is 29.1. The molecule has 2 aromatic carbocycles. The predicted octanol–water partition coefficient (Wildman–Crippen LogP) is 3.98. The lowest BCUT2D eigenvalue weighted by molar-refractivity contribution is -0.116. The first kappa shape index (κ1) is 22.2. The molecule has 0 aliphatic rings. The number of tetrazole rings is 1. The van der Waals surface area contributed by atoms with Crippen molar-refractivity contribution < 1.29 is 14.0 Å². The Bertz CT molecular complexity index is 1270. The number of aryl methyl sites for hydroxylation is 1. The van der Waals surface area contributed by atoms with Gasteiger partial charge >= 0.3 is 0 Å². The van der Waals surface area contributed by atoms with Crippen LogP contribution < -0.4 is 10.6 Å². The van der Waals surface area contributed by atoms with Crippen molar-refractivity contribution in [2.75, 3.05) is 10.6 Å². The minimum Gasteiger partial charge on any atom is -0.326 e. The van der Waals surface area contributed by atoms with Gasteiger partial charge in [-0.1, -0.05) is 30.3 Å². The van der Waals surface area contributed by atoms with E-state index in [1.54, 1.807) is 11.4 Å². The molecule has 0 aliphatic heterocycles. The molecule has 2 aromatic heterocycles. The number of hydrogen-bond donors (Lipinski definition) is 2. The van der Waals surface area contributed by atoms with Crippen molar-refractivity contribution in [3.05, 3.63) is 59.7 Å². The van der Waals surface area contributed by atoms with E-state index in [0.717, 1.165) is 5.56 Å². The fraction of sp³-hybridized carbons (Fsp3) is 0.182. The highest BCUT2D eigenvalue weighted by Gasteiger charge is 2.13. The van der Waals surface area contributed by atoms with Crippen LogP contribution in [0.15, 0.2) is 53.9 Å². The molecular formula is C22H20FN7O2S. The maximum absolute atomic E-state index is 14.4. The number of benzene rings is 2. The van der Waals surface area contributed by atoms with Gasteiger partial charge in [-0.25, -0.2) is 9.37 Å². The van der Waals surface area contributed by atoms with E-state index in [0.29, 0.717) is 35.3 Å². The van der Waals surface area contributed by atoms with Gasteiger partial charge in [-0.15, -0.1) is 21.5 Å². The fourth-order valence-electron chi connectivity index (χ4n) is 3.06. The Labute approximate surface area is 192 Å². The third-order valence-corrected chi connectivity index (χ3v) is 5.32. The summed E-state index contributed by atoms with van der Waals surface area (Å²) in [5, 5.41) is 19.7. The largest absolute Gasteiger partial charge is 0.326 e. The molecule has 0 spiro atoms. The molecular weight excluding hydrogens is 445 g/mol. The Morgan fingerprint density at radius 1 is 1.12 bits per heavy atom. The number of carbonyl (C=O) groups excluding carboxylic acids is 2. The summed E-state index contributed by atoms with van der Waals surface area (Å²) in [7, 11) is 0. The number of halogens is 1. The number of thiazole rings is 1. The van der Waals surface area contributed by atoms with Crippen molar-refractivity contribution in [1.29, 1.82) is 0 Å². The maximum Gasteiger partial charge on any atom is 0.226 e. The van der Waals surface area contributed by atoms with Crippen LogP contribution in [-0.4, -0.2) is 37.0 Å². The van der Waals surface area contributed by atoms with Crippen molar-refractivity contribution >= 4 is 34.0 Å². The average molecular weight is 466 g/mol. The average Bonchev–Trinajstić information content (AvgIpc) is 3.44. The smallest absolute Gasteiger partial charge is 0.226 e. The monoisotopic (exact) mass is 465 g/mol. The number of carbonyl (C=O) groups is 2. The first-order chi connectivity index (χ1) is 16.0. The Kier molecular flexibility index (Phi) is 6.79. The molecule has 0 bridgehead atoms. The molecule has 11 heteroatoms. The minimum atomic E-state index is -0.514. The van der Waals surface area contributed by atoms with Gasteiger partial charge in [0.2, 0.25) is 17.6 Å². The van der Waals surface area contributed by atoms with E-state index >= 15 is 0 Å². The lowest BCUT2D eigenvalue weighted by Gasteiger charge is -2.05. The first-order valence-electron chi connectivity index (χ1n) is 10.1. The molecule has 0 atom stereocenters. The number of anilines is 2. The van der Waals surface area contributed by atoms with Crippen LogP contribution in [0.4, 0.5) is 15.2 Å². The van der Waals surface area contributed by atoms with Gasteiger partial charge in [0.15, 0.2) is 5.13 Å². The van der Waals surface area contributed by atoms with E-state index in [9.17, 15) is 14.0 Å². The molecule has 2 heterocycles. The minimum absolute atomic E-state index is 0.208. The molecule has 0 unspecified atom stereocenters. The fourth-order valence-corrected chi connectivity index (χ4v) is 3.79. The molecule has 9 nitrogen and oxygen atoms in total. The van der Waals surface area contributed by atoms with Crippen molar-refractivity contribution in [2.45, 2.75) is 26.3 Å². The molecule has 4 rings (SSSR count). The Balaban J connectivity index is 1.29. The molecule has 2 amide bonds. The van der Waals surface area contributed by atoms with E-state index in [1.807, 2.05) is 30.3 Å². The zero-order chi connectivity index (χ0) is 23.2. The molecule has 0 aliphatic carbocycles. The zero-order valence-corrected chi connectivity index (χ0v) is 18.5. The number of aromatic nitrogens is 5. The summed E-state index contributed by atoms with van der Waals surface area (Å²) in [5.74, 6) is -0.467. The predicted molar refractivity (Wildman–Crippen MR) is 123 cm³/mol. The van der Waals surface area contributed by atoms with Crippen LogP contribution in [-0.2, 0) is 16.1 Å². The quantitative estimate of drug-likeness (QED) is 0.407. The molecule has 168 valence electrons. The van der Waals surface area contributed by atoms with Gasteiger partial charge in [0.1, 0.15) is 5.82 Å². The molecule has 4 aromatic rings. The standard InChI is InChI=1S/C22H20FN7O2S/c1-14(31)24-16-9-10-17(18(23)12-16)19-13-33-22(25-19)26-20(32)8-5-11-30-28-21(27-29-30)15-6-3-2-4-7-15/h2-4,6-7,9-10,12-13H,5,8,11H2,1H3,(H,24,31)(H,25,26,32). The Morgan fingerprint density at radius 3 is 2.70 bits per heavy atom. The van der Waals surface area contributed by atoms with Crippen molar-refractivity contribution in [3.63, 3.8) is 0 Å². The second kappa shape index (κ2) is 10.1. The van der Waals surface area contributed by atoms with Crippen molar-refractivity contribution in [2.24, 2.45) is 0 Å². The highest BCUT2D eigenvalue weighted by atomic mass is 32.1. The number of rotatable bonds is 8. The summed E-state index contributed by atoms with van der Waals surface area (Å²) in [6, 6.07) is 13.9. The van der Waals surface area contributed by atoms with E-state index in [-0.39, 0.29) is 23.8 Å². The van der Waals surface area contributed by atoms with Crippen molar-refractivity contribution in [1.82, 2.24) is 25.2 Å². The summed E-state index contributed by atoms with van der Waals surface area (Å²) < 4.78 is 14.4. The van der Waals surface area contributed by atoms with Crippen LogP contribution in [0.3, 0.4) is 0 Å². The van der Waals surface area contributed by atoms with E-state index in [2.05, 4.69) is 31.0 Å². The highest BCUT2D eigenvalue weighted by Crippen LogP contribution is 2.28. The van der Waals surface area contributed by atoms with Gasteiger partial charge in [-0.2, -0.15) is 4.80 Å². The van der Waals surface area contributed by atoms with E-state index in [4.69, 9.17) is 0 Å². The summed E-state index contributed by atoms with van der Waals surface area (Å²) in [5.41, 5.74) is 1.93. The van der Waals surface area contributed by atoms with Gasteiger partial charge in [0, 0.05) is 35.5 Å². The lowest BCUT2D eigenvalue weighted by Crippen LogP contribution is -2.13. The van der Waals surface area contributed by atoms with Gasteiger partial charge in [0.25, 0.3) is 0 Å². The summed E-state index contributed by atoms with van der Waals surface area (Å²) >= 11 is 1.21. The normalized spacial score (nSPS) is 10.7. The maximum atomic E-state index is 14.4. The SMILES string of the molecule is CC(=O)Nc1ccc(-c2csc(NC(=O)CCCn3nnc(-c4ccccc4)n3)n2)c(F)c1. The molecule has 0 saturated carbocycles. The third kappa shape index (κ3) is 5.83. The zero-order valence-electron chi connectivity index (χ0n) is 17.7. The molecule has 0 saturated heterocycles. The Hall–Kier alpha value is -3.99. The molecule has 2 N–H and O–H groups in total. The molecule has 0 radical (unpaired) electrons. The number of nitrogens with zero attached hydrogens (tertiary/aromatic N) is 5. The van der Waals surface area contributed by atoms with Crippen LogP contribution in [0.2, 0.25) is 0 Å². The summed E-state index contributed by atoms with van der Waals surface area (Å²) in [6.45, 7) is 1.80. The topological polar surface area (TPSA) is 115 Å². The summed E-state index contributed by atoms with van der Waals surface area (Å²) in [6.07, 6.45) is 0.769.